The van der Waals surface area contributed by atoms with Gasteiger partial charge in [-0.25, -0.2) is 0 Å². The third kappa shape index (κ3) is 4.51. The number of aromatic nitrogens is 2. The van der Waals surface area contributed by atoms with Gasteiger partial charge < -0.3 is 14.1 Å². The molecule has 1 fully saturated rings. The molecule has 1 aliphatic rings. The standard InChI is InChI=1S/C21H20ClN3O3/c1-14-2-10-18(11-3-14)27-13-20(26)25(17-8-9-17)12-19-23-24-21(28-19)15-4-6-16(22)7-5-15/h2-7,10-11,17H,8-9,12-13H2,1H3. The van der Waals surface area contributed by atoms with E-state index in [1.807, 2.05) is 43.3 Å². The number of carbonyl (C=O) groups excluding carboxylic acids is 1. The van der Waals surface area contributed by atoms with Crippen LogP contribution in [0.3, 0.4) is 0 Å². The Bertz CT molecular complexity index is 950. The molecule has 2 aromatic carbocycles. The number of rotatable bonds is 7. The van der Waals surface area contributed by atoms with Crippen LogP contribution >= 0.6 is 11.6 Å². The number of hydrogen-bond donors (Lipinski definition) is 0. The fourth-order valence-electron chi connectivity index (χ4n) is 2.84. The highest BCUT2D eigenvalue weighted by atomic mass is 35.5. The van der Waals surface area contributed by atoms with Crippen molar-refractivity contribution in [3.63, 3.8) is 0 Å². The average Bonchev–Trinajstić information content (AvgIpc) is 3.44. The van der Waals surface area contributed by atoms with Gasteiger partial charge in [0.2, 0.25) is 11.8 Å². The van der Waals surface area contributed by atoms with E-state index >= 15 is 0 Å². The van der Waals surface area contributed by atoms with Crippen molar-refractivity contribution < 1.29 is 13.9 Å². The first-order chi connectivity index (χ1) is 13.6. The van der Waals surface area contributed by atoms with E-state index in [0.717, 1.165) is 24.0 Å². The molecular weight excluding hydrogens is 378 g/mol. The second kappa shape index (κ2) is 8.02. The van der Waals surface area contributed by atoms with Crippen LogP contribution in [0.5, 0.6) is 5.75 Å². The molecule has 1 aromatic heterocycles. The van der Waals surface area contributed by atoms with Gasteiger partial charge in [-0.2, -0.15) is 0 Å². The smallest absolute Gasteiger partial charge is 0.261 e. The Morgan fingerprint density at radius 1 is 1.14 bits per heavy atom. The highest BCUT2D eigenvalue weighted by molar-refractivity contribution is 6.30. The van der Waals surface area contributed by atoms with E-state index < -0.39 is 0 Å². The van der Waals surface area contributed by atoms with Crippen LogP contribution in [0.1, 0.15) is 24.3 Å². The molecule has 0 radical (unpaired) electrons. The quantitative estimate of drug-likeness (QED) is 0.595. The summed E-state index contributed by atoms with van der Waals surface area (Å²) in [6.45, 7) is 2.27. The largest absolute Gasteiger partial charge is 0.484 e. The fraction of sp³-hybridized carbons (Fsp3) is 0.286. The number of aryl methyl sites for hydroxylation is 1. The minimum absolute atomic E-state index is 0.0161. The highest BCUT2D eigenvalue weighted by Crippen LogP contribution is 2.29. The Balaban J connectivity index is 1.40. The molecule has 0 aliphatic heterocycles. The first-order valence-electron chi connectivity index (χ1n) is 9.16. The Morgan fingerprint density at radius 2 is 1.86 bits per heavy atom. The van der Waals surface area contributed by atoms with Crippen molar-refractivity contribution in [1.29, 1.82) is 0 Å². The van der Waals surface area contributed by atoms with Crippen LogP contribution in [0.2, 0.25) is 5.02 Å². The maximum atomic E-state index is 12.7. The summed E-state index contributed by atoms with van der Waals surface area (Å²) >= 11 is 5.91. The van der Waals surface area contributed by atoms with Gasteiger partial charge in [0, 0.05) is 16.6 Å². The van der Waals surface area contributed by atoms with E-state index in [9.17, 15) is 4.79 Å². The Labute approximate surface area is 168 Å². The zero-order valence-corrected chi connectivity index (χ0v) is 16.2. The van der Waals surface area contributed by atoms with Crippen molar-refractivity contribution in [3.05, 3.63) is 65.0 Å². The van der Waals surface area contributed by atoms with Gasteiger partial charge in [-0.3, -0.25) is 4.79 Å². The van der Waals surface area contributed by atoms with Crippen molar-refractivity contribution in [2.24, 2.45) is 0 Å². The summed E-state index contributed by atoms with van der Waals surface area (Å²) in [4.78, 5) is 14.4. The van der Waals surface area contributed by atoms with Crippen LogP contribution in [0.15, 0.2) is 52.9 Å². The second-order valence-corrected chi connectivity index (χ2v) is 7.30. The molecule has 4 rings (SSSR count). The van der Waals surface area contributed by atoms with Gasteiger partial charge in [0.25, 0.3) is 5.91 Å². The second-order valence-electron chi connectivity index (χ2n) is 6.86. The lowest BCUT2D eigenvalue weighted by atomic mass is 10.2. The molecule has 0 spiro atoms. The van der Waals surface area contributed by atoms with E-state index in [1.165, 1.54) is 0 Å². The number of nitrogens with zero attached hydrogens (tertiary/aromatic N) is 3. The summed E-state index contributed by atoms with van der Waals surface area (Å²) in [5.41, 5.74) is 1.93. The van der Waals surface area contributed by atoms with Crippen molar-refractivity contribution in [1.82, 2.24) is 15.1 Å². The highest BCUT2D eigenvalue weighted by Gasteiger charge is 2.34. The van der Waals surface area contributed by atoms with E-state index in [0.29, 0.717) is 22.6 Å². The zero-order valence-electron chi connectivity index (χ0n) is 15.5. The van der Waals surface area contributed by atoms with Crippen LogP contribution in [0, 0.1) is 6.92 Å². The molecule has 28 heavy (non-hydrogen) atoms. The van der Waals surface area contributed by atoms with E-state index in [2.05, 4.69) is 10.2 Å². The first-order valence-corrected chi connectivity index (χ1v) is 9.53. The lowest BCUT2D eigenvalue weighted by Gasteiger charge is -2.20. The molecule has 0 N–H and O–H groups in total. The number of carbonyl (C=O) groups is 1. The summed E-state index contributed by atoms with van der Waals surface area (Å²) < 4.78 is 11.4. The molecule has 3 aromatic rings. The predicted octanol–water partition coefficient (Wildman–Crippen LogP) is 4.27. The van der Waals surface area contributed by atoms with Crippen molar-refractivity contribution in [2.75, 3.05) is 6.61 Å². The maximum Gasteiger partial charge on any atom is 0.261 e. The predicted molar refractivity (Wildman–Crippen MR) is 105 cm³/mol. The van der Waals surface area contributed by atoms with Crippen molar-refractivity contribution >= 4 is 17.5 Å². The molecule has 1 aliphatic carbocycles. The summed E-state index contributed by atoms with van der Waals surface area (Å²) in [5.74, 6) is 1.40. The van der Waals surface area contributed by atoms with Crippen molar-refractivity contribution in [3.8, 4) is 17.2 Å². The van der Waals surface area contributed by atoms with E-state index in [-0.39, 0.29) is 25.1 Å². The molecule has 6 nitrogen and oxygen atoms in total. The van der Waals surface area contributed by atoms with Crippen LogP contribution < -0.4 is 4.74 Å². The fourth-order valence-corrected chi connectivity index (χ4v) is 2.97. The zero-order chi connectivity index (χ0) is 19.5. The number of amides is 1. The van der Waals surface area contributed by atoms with Gasteiger partial charge in [0.05, 0.1) is 6.54 Å². The van der Waals surface area contributed by atoms with Crippen LogP contribution in [0.25, 0.3) is 11.5 Å². The molecule has 7 heteroatoms. The minimum atomic E-state index is -0.0886. The van der Waals surface area contributed by atoms with Gasteiger partial charge in [0.15, 0.2) is 6.61 Å². The number of ether oxygens (including phenoxy) is 1. The summed E-state index contributed by atoms with van der Waals surface area (Å²) in [7, 11) is 0. The van der Waals surface area contributed by atoms with E-state index in [1.54, 1.807) is 17.0 Å². The van der Waals surface area contributed by atoms with E-state index in [4.69, 9.17) is 20.8 Å². The number of benzene rings is 2. The average molecular weight is 398 g/mol. The molecule has 1 amide bonds. The molecule has 1 heterocycles. The normalized spacial score (nSPS) is 13.4. The molecule has 144 valence electrons. The molecule has 0 unspecified atom stereocenters. The molecular formula is C21H20ClN3O3. The Hall–Kier alpha value is -2.86. The number of halogens is 1. The van der Waals surface area contributed by atoms with Gasteiger partial charge in [-0.1, -0.05) is 29.3 Å². The topological polar surface area (TPSA) is 68.5 Å². The van der Waals surface area contributed by atoms with Gasteiger partial charge in [-0.15, -0.1) is 10.2 Å². The molecule has 1 saturated carbocycles. The summed E-state index contributed by atoms with van der Waals surface area (Å²) in [6.07, 6.45) is 1.96. The van der Waals surface area contributed by atoms with Gasteiger partial charge >= 0.3 is 0 Å². The third-order valence-electron chi connectivity index (χ3n) is 4.55. The molecule has 0 bridgehead atoms. The van der Waals surface area contributed by atoms with Crippen LogP contribution in [-0.4, -0.2) is 33.7 Å². The van der Waals surface area contributed by atoms with Gasteiger partial charge in [0.1, 0.15) is 5.75 Å². The first kappa shape index (κ1) is 18.5. The lowest BCUT2D eigenvalue weighted by molar-refractivity contribution is -0.134. The minimum Gasteiger partial charge on any atom is -0.484 e. The van der Waals surface area contributed by atoms with Crippen molar-refractivity contribution in [2.45, 2.75) is 32.4 Å². The molecule has 0 atom stereocenters. The SMILES string of the molecule is Cc1ccc(OCC(=O)N(Cc2nnc(-c3ccc(Cl)cc3)o2)C2CC2)cc1. The Kier molecular flexibility index (Phi) is 5.30. The third-order valence-corrected chi connectivity index (χ3v) is 4.81. The van der Waals surface area contributed by atoms with Crippen LogP contribution in [-0.2, 0) is 11.3 Å². The molecule has 0 saturated heterocycles. The van der Waals surface area contributed by atoms with Gasteiger partial charge in [-0.05, 0) is 56.2 Å². The van der Waals surface area contributed by atoms with Crippen LogP contribution in [0.4, 0.5) is 0 Å². The summed E-state index contributed by atoms with van der Waals surface area (Å²) in [6, 6.07) is 15.0. The number of hydrogen-bond acceptors (Lipinski definition) is 5. The summed E-state index contributed by atoms with van der Waals surface area (Å²) in [5, 5.41) is 8.81. The monoisotopic (exact) mass is 397 g/mol. The Morgan fingerprint density at radius 3 is 2.54 bits per heavy atom. The lowest BCUT2D eigenvalue weighted by Crippen LogP contribution is -2.36. The maximum absolute atomic E-state index is 12.7.